The molecule has 19 nitrogen and oxygen atoms in total. The summed E-state index contributed by atoms with van der Waals surface area (Å²) in [4.78, 5) is 63.4. The van der Waals surface area contributed by atoms with Gasteiger partial charge < -0.3 is 31.2 Å². The smallest absolute Gasteiger partial charge is 0.335 e. The van der Waals surface area contributed by atoms with Crippen molar-refractivity contribution in [3.63, 3.8) is 0 Å². The number of nitrogens with one attached hydrogen (secondary N) is 3. The average Bonchev–Trinajstić information content (AvgIpc) is 2.50. The van der Waals surface area contributed by atoms with Gasteiger partial charge in [0.2, 0.25) is 0 Å². The minimum atomic E-state index is -1.02. The van der Waals surface area contributed by atoms with Crippen molar-refractivity contribution in [2.75, 3.05) is 52.4 Å². The van der Waals surface area contributed by atoms with Gasteiger partial charge in [0.05, 0.1) is 37.7 Å². The number of benzene rings is 3. The number of halogens is 5. The average molecular weight is 1200 g/mol. The van der Waals surface area contributed by atoms with Gasteiger partial charge in [-0.25, -0.2) is 18.4 Å². The van der Waals surface area contributed by atoms with Crippen molar-refractivity contribution in [2.24, 2.45) is 26.9 Å². The standard InChI is InChI=1S/C20H21FN4O2.C12H11FN2O2.C12H12N2O2.C8H12N2O.C7H14ClFN2.CH3F.CH4/c1-11-8-12(2)24-20(27)16(11)9-22-19(26)15-7-5-6-14(13(15)3)18-17(21)10-23-25(18)4;1-7-8(4-3-5-9(7)12(16)17)11-10(13)6-14-15(11)2;1-8-9(11-6-7-13-14(11)2)4-3-5-10(8)12(15)16;1-5-3-6(2)10-8(11)7(5)4-9;8-7-10-1-4-11(9,5-2-10)6-3-10;1-2;/h5-8,10H,9H2,1-4H3,(H,22,26)(H,24,27);3-6H,1-2H3,(H,16,17);3-7H,1-2H3,(H,15,16);3H,4,9H2,1-2H3,(H,10,11);1-7H2;1H3;1H4/q;;;;+2;;/i;;;;;1D;. The van der Waals surface area contributed by atoms with Crippen molar-refractivity contribution in [3.05, 3.63) is 191 Å². The minimum absolute atomic E-state index is 0. The molecule has 8 heterocycles. The predicted molar refractivity (Wildman–Crippen MR) is 321 cm³/mol. The summed E-state index contributed by atoms with van der Waals surface area (Å²) in [6.07, 6.45) is 3.96. The Labute approximate surface area is 497 Å². The normalized spacial score (nSPS) is 15.5. The van der Waals surface area contributed by atoms with E-state index in [1.165, 1.54) is 15.4 Å². The maximum absolute atomic E-state index is 14.1. The number of amides is 1. The molecule has 0 saturated carbocycles. The number of rotatable bonds is 10. The third-order valence-corrected chi connectivity index (χ3v) is 15.4. The van der Waals surface area contributed by atoms with E-state index in [0.717, 1.165) is 75.8 Å². The lowest BCUT2D eigenvalue weighted by molar-refractivity contribution is -1.15. The van der Waals surface area contributed by atoms with Crippen LogP contribution in [-0.4, -0.2) is 129 Å². The van der Waals surface area contributed by atoms with Crippen LogP contribution in [0.5, 0.6) is 0 Å². The molecule has 3 aliphatic heterocycles. The summed E-state index contributed by atoms with van der Waals surface area (Å²) >= 11 is 5.85. The van der Waals surface area contributed by atoms with E-state index in [4.69, 9.17) is 28.9 Å². The molecule has 85 heavy (non-hydrogen) atoms. The van der Waals surface area contributed by atoms with Gasteiger partial charge >= 0.3 is 11.9 Å². The maximum Gasteiger partial charge on any atom is 0.335 e. The fraction of sp³-hybridized carbons (Fsp3) is 0.344. The number of piperazine rings is 3. The number of aromatic carboxylic acids is 2. The molecule has 7 N–H and O–H groups in total. The van der Waals surface area contributed by atoms with Crippen molar-refractivity contribution < 1.29 is 52.8 Å². The van der Waals surface area contributed by atoms with Gasteiger partial charge in [-0.15, -0.1) is 4.71 Å². The quantitative estimate of drug-likeness (QED) is 0.0247. The van der Waals surface area contributed by atoms with Crippen LogP contribution in [-0.2, 0) is 34.2 Å². The molecule has 24 heteroatoms. The van der Waals surface area contributed by atoms with E-state index in [-0.39, 0.29) is 41.3 Å². The van der Waals surface area contributed by atoms with Gasteiger partial charge in [0.25, 0.3) is 17.0 Å². The molecule has 2 bridgehead atoms. The summed E-state index contributed by atoms with van der Waals surface area (Å²) in [7, 11) is 4.10. The Morgan fingerprint density at radius 2 is 1.08 bits per heavy atom. The number of carbonyl (C=O) groups is 3. The van der Waals surface area contributed by atoms with E-state index >= 15 is 0 Å². The highest BCUT2D eigenvalue weighted by atomic mass is 35.5. The van der Waals surface area contributed by atoms with Gasteiger partial charge in [0.15, 0.2) is 37.3 Å². The number of hydrogen-bond donors (Lipinski definition) is 6. The first kappa shape index (κ1) is 67.3. The maximum atomic E-state index is 14.1. The fourth-order valence-corrected chi connectivity index (χ4v) is 10.4. The number of H-pyrrole nitrogens is 2. The van der Waals surface area contributed by atoms with Crippen LogP contribution in [0, 0.1) is 60.1 Å². The summed E-state index contributed by atoms with van der Waals surface area (Å²) < 4.78 is 62.0. The second-order valence-corrected chi connectivity index (χ2v) is 20.7. The zero-order valence-electron chi connectivity index (χ0n) is 49.7. The van der Waals surface area contributed by atoms with Crippen LogP contribution < -0.4 is 22.2 Å². The van der Waals surface area contributed by atoms with Crippen LogP contribution in [0.15, 0.2) is 101 Å². The molecule has 3 aromatic carbocycles. The van der Waals surface area contributed by atoms with Crippen molar-refractivity contribution in [2.45, 2.75) is 69.0 Å². The Kier molecular flexibility index (Phi) is 24.0. The number of nitrogens with zero attached hydrogens (tertiary/aromatic N) is 8. The highest BCUT2D eigenvalue weighted by Gasteiger charge is 2.50. The third-order valence-electron chi connectivity index (χ3n) is 14.9. The Morgan fingerprint density at radius 3 is 1.46 bits per heavy atom. The SMILES string of the molecule is C.Cc1c(C(=O)O)cccc1-c1c(F)cnn1C.Cc1c(C(=O)O)cccc1-c1ccnn1C.Cc1cc(C)c(CN)c(=O)[nH]1.Cc1cc(C)c(CNC(=O)c2cccc(-c3c(F)cnn3C)c2C)c(=O)[nH]1.F[N+]12CC[N+](CCl)(CC1)CC2.[2H]CF. The molecule has 8 aromatic rings. The van der Waals surface area contributed by atoms with Gasteiger partial charge in [0.1, 0.15) is 31.0 Å². The second-order valence-electron chi connectivity index (χ2n) is 20.4. The van der Waals surface area contributed by atoms with Gasteiger partial charge in [-0.3, -0.25) is 37.3 Å². The fourth-order valence-electron chi connectivity index (χ4n) is 10.00. The number of nitrogens with two attached hydrogens (primary N) is 1. The summed E-state index contributed by atoms with van der Waals surface area (Å²) in [6.45, 7) is 17.9. The number of carbonyl (C=O) groups excluding carboxylic acids is 1. The number of fused-ring (bicyclic) bond motifs is 3. The molecule has 5 aromatic heterocycles. The van der Waals surface area contributed by atoms with Crippen molar-refractivity contribution in [1.82, 2.24) is 44.6 Å². The van der Waals surface area contributed by atoms with Gasteiger partial charge in [0, 0.05) is 85.2 Å². The molecule has 11 rings (SSSR count). The lowest BCUT2D eigenvalue weighted by atomic mass is 9.99. The van der Waals surface area contributed by atoms with Crippen molar-refractivity contribution >= 4 is 29.4 Å². The first-order chi connectivity index (χ1) is 40.2. The Morgan fingerprint density at radius 1 is 0.671 bits per heavy atom. The van der Waals surface area contributed by atoms with E-state index in [1.807, 2.05) is 65.9 Å². The van der Waals surface area contributed by atoms with E-state index in [1.54, 1.807) is 81.3 Å². The second kappa shape index (κ2) is 30.3. The van der Waals surface area contributed by atoms with E-state index in [0.29, 0.717) is 88.1 Å². The van der Waals surface area contributed by atoms with Crippen LogP contribution in [0.25, 0.3) is 33.8 Å². The highest BCUT2D eigenvalue weighted by molar-refractivity contribution is 6.17. The highest BCUT2D eigenvalue weighted by Crippen LogP contribution is 2.30. The monoisotopic (exact) mass is 1200 g/mol. The number of pyridine rings is 2. The van der Waals surface area contributed by atoms with Crippen LogP contribution in [0.2, 0.25) is 0 Å². The topological polar surface area (TPSA) is 249 Å². The molecule has 1 amide bonds. The molecule has 0 spiro atoms. The number of aromatic nitrogens is 8. The Bertz CT molecular complexity index is 3720. The molecular weight excluding hydrogens is 1120 g/mol. The Balaban J connectivity index is 0.000000236. The number of quaternary nitrogens is 2. The molecule has 0 atom stereocenters. The summed E-state index contributed by atoms with van der Waals surface area (Å²) in [6, 6.07) is 21.5. The summed E-state index contributed by atoms with van der Waals surface area (Å²) in [5, 5.41) is 32.6. The first-order valence-corrected chi connectivity index (χ1v) is 27.0. The number of aryl methyl sites for hydroxylation is 7. The van der Waals surface area contributed by atoms with Gasteiger partial charge in [-0.1, -0.05) is 55.4 Å². The van der Waals surface area contributed by atoms with Gasteiger partial charge in [-0.05, 0) is 117 Å². The molecule has 0 radical (unpaired) electrons. The van der Waals surface area contributed by atoms with Crippen LogP contribution in [0.4, 0.5) is 17.7 Å². The molecule has 3 saturated heterocycles. The molecule has 0 unspecified atom stereocenters. The Hall–Kier alpha value is -8.51. The number of carboxylic acid groups (broad SMARTS) is 2. The number of alkyl halides is 2. The zero-order chi connectivity index (χ0) is 63.1. The number of hydrogen-bond acceptors (Lipinski definition) is 9. The lowest BCUT2D eigenvalue weighted by Crippen LogP contribution is -2.71. The summed E-state index contributed by atoms with van der Waals surface area (Å²) in [5.74, 6) is -3.15. The largest absolute Gasteiger partial charge is 0.478 e. The molecular formula is C61H77ClF4N12O7+2. The zero-order valence-corrected chi connectivity index (χ0v) is 49.5. The first-order valence-electron chi connectivity index (χ1n) is 27.2. The molecule has 0 aliphatic carbocycles. The number of carboxylic acids is 2. The van der Waals surface area contributed by atoms with Crippen LogP contribution in [0.1, 0.15) is 90.2 Å². The minimum Gasteiger partial charge on any atom is -0.478 e. The third kappa shape index (κ3) is 16.6. The van der Waals surface area contributed by atoms with Crippen molar-refractivity contribution in [3.8, 4) is 33.8 Å². The molecule has 3 fully saturated rings. The predicted octanol–water partition coefficient (Wildman–Crippen LogP) is 9.50. The van der Waals surface area contributed by atoms with E-state index in [9.17, 15) is 41.6 Å². The van der Waals surface area contributed by atoms with Gasteiger partial charge in [-0.2, -0.15) is 15.3 Å². The van der Waals surface area contributed by atoms with Crippen molar-refractivity contribution in [1.29, 1.82) is 0 Å². The number of aromatic amines is 2. The van der Waals surface area contributed by atoms with E-state index < -0.39 is 30.7 Å². The summed E-state index contributed by atoms with van der Waals surface area (Å²) in [5.41, 5.74) is 16.2. The lowest BCUT2D eigenvalue weighted by Gasteiger charge is -2.48. The van der Waals surface area contributed by atoms with E-state index in [2.05, 4.69) is 30.6 Å². The molecule has 456 valence electrons. The van der Waals surface area contributed by atoms with Crippen LogP contribution >= 0.6 is 11.6 Å². The molecule has 3 aliphatic rings. The van der Waals surface area contributed by atoms with Crippen LogP contribution in [0.3, 0.4) is 0 Å².